The van der Waals surface area contributed by atoms with Gasteiger partial charge in [-0.25, -0.2) is 4.79 Å². The highest BCUT2D eigenvalue weighted by Gasteiger charge is 2.24. The molecule has 2 N–H and O–H groups in total. The molecule has 0 unspecified atom stereocenters. The van der Waals surface area contributed by atoms with E-state index in [9.17, 15) is 9.59 Å². The van der Waals surface area contributed by atoms with Crippen LogP contribution in [0.4, 0.5) is 4.79 Å². The lowest BCUT2D eigenvalue weighted by Gasteiger charge is -2.16. The van der Waals surface area contributed by atoms with Crippen molar-refractivity contribution in [3.8, 4) is 0 Å². The number of nitrogens with one attached hydrogen (secondary N) is 1. The van der Waals surface area contributed by atoms with Gasteiger partial charge in [-0.3, -0.25) is 4.79 Å². The first-order chi connectivity index (χ1) is 9.08. The van der Waals surface area contributed by atoms with Crippen molar-refractivity contribution in [3.63, 3.8) is 0 Å². The Morgan fingerprint density at radius 3 is 2.84 bits per heavy atom. The summed E-state index contributed by atoms with van der Waals surface area (Å²) in [6.07, 6.45) is 0.495. The van der Waals surface area contributed by atoms with Gasteiger partial charge in [0.15, 0.2) is 0 Å². The lowest BCUT2D eigenvalue weighted by Crippen LogP contribution is -2.37. The van der Waals surface area contributed by atoms with Gasteiger partial charge in [0.1, 0.15) is 0 Å². The Bertz CT molecular complexity index is 505. The number of fused-ring (bicyclic) bond motifs is 1. The Hall–Kier alpha value is -1.75. The van der Waals surface area contributed by atoms with Gasteiger partial charge in [0.2, 0.25) is 0 Å². The summed E-state index contributed by atoms with van der Waals surface area (Å²) in [6, 6.07) is 5.46. The van der Waals surface area contributed by atoms with E-state index in [-0.39, 0.29) is 12.5 Å². The molecular formula is C13H15ClN2O3. The molecule has 2 rings (SSSR count). The fourth-order valence-corrected chi connectivity index (χ4v) is 2.33. The molecule has 0 bridgehead atoms. The molecule has 0 atom stereocenters. The molecule has 0 fully saturated rings. The number of urea groups is 1. The van der Waals surface area contributed by atoms with Gasteiger partial charge in [-0.1, -0.05) is 23.7 Å². The molecule has 1 aromatic rings. The largest absolute Gasteiger partial charge is 0.481 e. The maximum atomic E-state index is 11.9. The lowest BCUT2D eigenvalue weighted by atomic mass is 10.1. The summed E-state index contributed by atoms with van der Waals surface area (Å²) in [5, 5.41) is 11.9. The van der Waals surface area contributed by atoms with Crippen molar-refractivity contribution in [2.45, 2.75) is 25.9 Å². The quantitative estimate of drug-likeness (QED) is 0.832. The number of aliphatic carboxylic acids is 1. The topological polar surface area (TPSA) is 69.6 Å². The molecule has 0 saturated heterocycles. The van der Waals surface area contributed by atoms with Crippen LogP contribution in [-0.4, -0.2) is 28.6 Å². The molecule has 2 amide bonds. The van der Waals surface area contributed by atoms with Crippen LogP contribution in [-0.2, 0) is 17.9 Å². The molecule has 0 aromatic heterocycles. The van der Waals surface area contributed by atoms with Crippen molar-refractivity contribution in [3.05, 3.63) is 34.3 Å². The van der Waals surface area contributed by atoms with Crippen molar-refractivity contribution in [2.24, 2.45) is 0 Å². The second kappa shape index (κ2) is 5.93. The third-order valence-electron chi connectivity index (χ3n) is 3.06. The number of hydrogen-bond acceptors (Lipinski definition) is 2. The first kappa shape index (κ1) is 13.7. The maximum absolute atomic E-state index is 11.9. The number of carboxylic acid groups (broad SMARTS) is 1. The van der Waals surface area contributed by atoms with Crippen LogP contribution in [0, 0.1) is 0 Å². The van der Waals surface area contributed by atoms with E-state index in [1.807, 2.05) is 18.2 Å². The van der Waals surface area contributed by atoms with Gasteiger partial charge in [0.05, 0.1) is 0 Å². The molecule has 5 nitrogen and oxygen atoms in total. The van der Waals surface area contributed by atoms with Crippen LogP contribution in [0.1, 0.15) is 24.0 Å². The van der Waals surface area contributed by atoms with Crippen molar-refractivity contribution in [2.75, 3.05) is 6.54 Å². The van der Waals surface area contributed by atoms with Gasteiger partial charge < -0.3 is 15.3 Å². The first-order valence-electron chi connectivity index (χ1n) is 6.09. The second-order valence-electron chi connectivity index (χ2n) is 4.46. The zero-order valence-electron chi connectivity index (χ0n) is 10.4. The fourth-order valence-electron chi connectivity index (χ4n) is 2.07. The Kier molecular flexibility index (Phi) is 4.27. The minimum absolute atomic E-state index is 0.0618. The van der Waals surface area contributed by atoms with Gasteiger partial charge in [-0.05, 0) is 23.6 Å². The summed E-state index contributed by atoms with van der Waals surface area (Å²) in [5.74, 6) is -0.852. The van der Waals surface area contributed by atoms with Crippen LogP contribution in [0.3, 0.4) is 0 Å². The highest BCUT2D eigenvalue weighted by Crippen LogP contribution is 2.28. The Labute approximate surface area is 116 Å². The van der Waals surface area contributed by atoms with Crippen LogP contribution in [0.2, 0.25) is 5.02 Å². The van der Waals surface area contributed by atoms with Crippen LogP contribution >= 0.6 is 11.6 Å². The number of amides is 2. The second-order valence-corrected chi connectivity index (χ2v) is 4.87. The zero-order chi connectivity index (χ0) is 13.8. The minimum Gasteiger partial charge on any atom is -0.481 e. The van der Waals surface area contributed by atoms with Crippen LogP contribution in [0.5, 0.6) is 0 Å². The molecular weight excluding hydrogens is 268 g/mol. The van der Waals surface area contributed by atoms with Gasteiger partial charge in [0, 0.05) is 31.1 Å². The third-order valence-corrected chi connectivity index (χ3v) is 3.41. The SMILES string of the molecule is O=C(O)CCCNC(=O)N1Cc2cccc(Cl)c2C1. The van der Waals surface area contributed by atoms with Gasteiger partial charge in [-0.2, -0.15) is 0 Å². The van der Waals surface area contributed by atoms with E-state index < -0.39 is 5.97 Å². The Morgan fingerprint density at radius 1 is 1.37 bits per heavy atom. The monoisotopic (exact) mass is 282 g/mol. The molecule has 102 valence electrons. The summed E-state index contributed by atoms with van der Waals surface area (Å²) in [7, 11) is 0. The van der Waals surface area contributed by atoms with Crippen molar-refractivity contribution in [1.29, 1.82) is 0 Å². The molecule has 1 aliphatic rings. The molecule has 0 spiro atoms. The number of halogens is 1. The van der Waals surface area contributed by atoms with Gasteiger partial charge in [0.25, 0.3) is 0 Å². The lowest BCUT2D eigenvalue weighted by molar-refractivity contribution is -0.137. The van der Waals surface area contributed by atoms with E-state index in [4.69, 9.17) is 16.7 Å². The van der Waals surface area contributed by atoms with Crippen molar-refractivity contribution >= 4 is 23.6 Å². The zero-order valence-corrected chi connectivity index (χ0v) is 11.1. The van der Waals surface area contributed by atoms with Gasteiger partial charge in [-0.15, -0.1) is 0 Å². The van der Waals surface area contributed by atoms with E-state index in [2.05, 4.69) is 5.32 Å². The van der Waals surface area contributed by atoms with Crippen LogP contribution < -0.4 is 5.32 Å². The maximum Gasteiger partial charge on any atom is 0.318 e. The van der Waals surface area contributed by atoms with E-state index in [1.165, 1.54) is 0 Å². The molecule has 0 aliphatic carbocycles. The molecule has 0 radical (unpaired) electrons. The Morgan fingerprint density at radius 2 is 2.16 bits per heavy atom. The number of nitrogens with zero attached hydrogens (tertiary/aromatic N) is 1. The average molecular weight is 283 g/mol. The number of rotatable bonds is 4. The van der Waals surface area contributed by atoms with Crippen molar-refractivity contribution in [1.82, 2.24) is 10.2 Å². The highest BCUT2D eigenvalue weighted by atomic mass is 35.5. The predicted molar refractivity (Wildman–Crippen MR) is 71.0 cm³/mol. The van der Waals surface area contributed by atoms with E-state index in [1.54, 1.807) is 4.90 Å². The third kappa shape index (κ3) is 3.38. The normalized spacial score (nSPS) is 13.2. The minimum atomic E-state index is -0.852. The highest BCUT2D eigenvalue weighted by molar-refractivity contribution is 6.31. The molecule has 0 saturated carbocycles. The van der Waals surface area contributed by atoms with Gasteiger partial charge >= 0.3 is 12.0 Å². The summed E-state index contributed by atoms with van der Waals surface area (Å²) in [4.78, 5) is 23.9. The average Bonchev–Trinajstić information content (AvgIpc) is 2.79. The number of carbonyl (C=O) groups is 2. The first-order valence-corrected chi connectivity index (χ1v) is 6.46. The smallest absolute Gasteiger partial charge is 0.318 e. The van der Waals surface area contributed by atoms with E-state index in [0.717, 1.165) is 11.1 Å². The number of benzene rings is 1. The predicted octanol–water partition coefficient (Wildman–Crippen LogP) is 2.23. The standard InChI is InChI=1S/C13H15ClN2O3/c14-11-4-1-3-9-7-16(8-10(9)11)13(19)15-6-2-5-12(17)18/h1,3-4H,2,5-8H2,(H,15,19)(H,17,18). The Balaban J connectivity index is 1.83. The molecule has 6 heteroatoms. The van der Waals surface area contributed by atoms with E-state index in [0.29, 0.717) is 31.1 Å². The molecule has 19 heavy (non-hydrogen) atoms. The van der Waals surface area contributed by atoms with Crippen molar-refractivity contribution < 1.29 is 14.7 Å². The summed E-state index contributed by atoms with van der Waals surface area (Å²) in [6.45, 7) is 1.41. The van der Waals surface area contributed by atoms with E-state index >= 15 is 0 Å². The number of hydrogen-bond donors (Lipinski definition) is 2. The summed E-state index contributed by atoms with van der Waals surface area (Å²) >= 11 is 6.08. The molecule has 1 heterocycles. The fraction of sp³-hybridized carbons (Fsp3) is 0.385. The summed E-state index contributed by atoms with van der Waals surface area (Å²) < 4.78 is 0. The van der Waals surface area contributed by atoms with Crippen LogP contribution in [0.15, 0.2) is 18.2 Å². The summed E-state index contributed by atoms with van der Waals surface area (Å²) in [5.41, 5.74) is 2.05. The number of carbonyl (C=O) groups excluding carboxylic acids is 1. The molecule has 1 aromatic carbocycles. The molecule has 1 aliphatic heterocycles. The van der Waals surface area contributed by atoms with Crippen LogP contribution in [0.25, 0.3) is 0 Å². The number of carboxylic acids is 1.